The molecule has 1 N–H and O–H groups in total. The lowest BCUT2D eigenvalue weighted by Crippen LogP contribution is -2.01. The minimum atomic E-state index is -0.859. The molecule has 0 spiro atoms. The SMILES string of the molecule is O=C(O)c1cccc2c1CCC2Cl. The van der Waals surface area contributed by atoms with Gasteiger partial charge in [-0.05, 0) is 30.0 Å². The number of carboxylic acid groups (broad SMARTS) is 1. The molecule has 1 aromatic rings. The topological polar surface area (TPSA) is 37.3 Å². The zero-order chi connectivity index (χ0) is 9.42. The molecule has 0 radical (unpaired) electrons. The van der Waals surface area contributed by atoms with E-state index in [0.29, 0.717) is 5.56 Å². The molecule has 0 fully saturated rings. The van der Waals surface area contributed by atoms with Crippen molar-refractivity contribution in [3.05, 3.63) is 34.9 Å². The van der Waals surface area contributed by atoms with Crippen LogP contribution in [0.4, 0.5) is 0 Å². The molecule has 3 heteroatoms. The first-order valence-corrected chi connectivity index (χ1v) is 4.63. The summed E-state index contributed by atoms with van der Waals surface area (Å²) in [5, 5.41) is 8.89. The molecule has 0 heterocycles. The Labute approximate surface area is 81.1 Å². The summed E-state index contributed by atoms with van der Waals surface area (Å²) < 4.78 is 0. The van der Waals surface area contributed by atoms with Gasteiger partial charge in [-0.15, -0.1) is 11.6 Å². The lowest BCUT2D eigenvalue weighted by Gasteiger charge is -2.04. The predicted octanol–water partition coefficient (Wildman–Crippen LogP) is 2.61. The number of alkyl halides is 1. The van der Waals surface area contributed by atoms with E-state index in [2.05, 4.69) is 0 Å². The maximum absolute atomic E-state index is 10.8. The van der Waals surface area contributed by atoms with Gasteiger partial charge in [0.15, 0.2) is 0 Å². The van der Waals surface area contributed by atoms with E-state index in [-0.39, 0.29) is 5.38 Å². The third-order valence-corrected chi connectivity index (χ3v) is 2.88. The highest BCUT2D eigenvalue weighted by atomic mass is 35.5. The van der Waals surface area contributed by atoms with Gasteiger partial charge in [0.2, 0.25) is 0 Å². The van der Waals surface area contributed by atoms with Gasteiger partial charge in [-0.3, -0.25) is 0 Å². The highest BCUT2D eigenvalue weighted by molar-refractivity contribution is 6.21. The maximum atomic E-state index is 10.8. The van der Waals surface area contributed by atoms with Crippen LogP contribution in [-0.4, -0.2) is 11.1 Å². The second-order valence-electron chi connectivity index (χ2n) is 3.18. The lowest BCUT2D eigenvalue weighted by molar-refractivity contribution is 0.0696. The summed E-state index contributed by atoms with van der Waals surface area (Å²) in [7, 11) is 0. The normalized spacial score (nSPS) is 19.9. The van der Waals surface area contributed by atoms with E-state index >= 15 is 0 Å². The molecule has 0 saturated heterocycles. The molecule has 1 aliphatic carbocycles. The summed E-state index contributed by atoms with van der Waals surface area (Å²) in [6, 6.07) is 5.30. The van der Waals surface area contributed by atoms with E-state index in [9.17, 15) is 4.79 Å². The van der Waals surface area contributed by atoms with Gasteiger partial charge >= 0.3 is 5.97 Å². The molecule has 1 aromatic carbocycles. The Morgan fingerprint density at radius 1 is 1.54 bits per heavy atom. The van der Waals surface area contributed by atoms with Crippen LogP contribution in [0.15, 0.2) is 18.2 Å². The number of carboxylic acids is 1. The molecular formula is C10H9ClO2. The van der Waals surface area contributed by atoms with Crippen LogP contribution in [0.25, 0.3) is 0 Å². The van der Waals surface area contributed by atoms with Crippen LogP contribution >= 0.6 is 11.6 Å². The lowest BCUT2D eigenvalue weighted by atomic mass is 10.0. The molecule has 0 aliphatic heterocycles. The van der Waals surface area contributed by atoms with Crippen molar-refractivity contribution in [2.24, 2.45) is 0 Å². The fourth-order valence-corrected chi connectivity index (χ4v) is 2.12. The molecule has 68 valence electrons. The first-order chi connectivity index (χ1) is 6.20. The summed E-state index contributed by atoms with van der Waals surface area (Å²) in [4.78, 5) is 10.8. The molecule has 0 amide bonds. The number of aromatic carboxylic acids is 1. The summed E-state index contributed by atoms with van der Waals surface area (Å²) in [6.07, 6.45) is 1.63. The Bertz CT molecular complexity index is 360. The minimum absolute atomic E-state index is 0.00528. The maximum Gasteiger partial charge on any atom is 0.335 e. The van der Waals surface area contributed by atoms with Gasteiger partial charge in [0.05, 0.1) is 10.9 Å². The third kappa shape index (κ3) is 1.31. The van der Waals surface area contributed by atoms with E-state index < -0.39 is 5.97 Å². The second-order valence-corrected chi connectivity index (χ2v) is 3.71. The fraction of sp³-hybridized carbons (Fsp3) is 0.300. The van der Waals surface area contributed by atoms with Crippen LogP contribution < -0.4 is 0 Å². The van der Waals surface area contributed by atoms with Crippen molar-refractivity contribution < 1.29 is 9.90 Å². The monoisotopic (exact) mass is 196 g/mol. The Morgan fingerprint density at radius 2 is 2.31 bits per heavy atom. The molecule has 0 aromatic heterocycles. The van der Waals surface area contributed by atoms with Gasteiger partial charge in [0.1, 0.15) is 0 Å². The van der Waals surface area contributed by atoms with Gasteiger partial charge in [-0.1, -0.05) is 12.1 Å². The Balaban J connectivity index is 2.57. The number of fused-ring (bicyclic) bond motifs is 1. The van der Waals surface area contributed by atoms with Gasteiger partial charge in [0.25, 0.3) is 0 Å². The van der Waals surface area contributed by atoms with Gasteiger partial charge in [0, 0.05) is 0 Å². The average molecular weight is 197 g/mol. The standard InChI is InChI=1S/C10H9ClO2/c11-9-5-4-6-7(9)2-1-3-8(6)10(12)13/h1-3,9H,4-5H2,(H,12,13). The molecule has 1 atom stereocenters. The molecule has 13 heavy (non-hydrogen) atoms. The van der Waals surface area contributed by atoms with Gasteiger partial charge < -0.3 is 5.11 Å². The van der Waals surface area contributed by atoms with Gasteiger partial charge in [-0.2, -0.15) is 0 Å². The number of carbonyl (C=O) groups is 1. The number of benzene rings is 1. The van der Waals surface area contributed by atoms with E-state index in [1.807, 2.05) is 6.07 Å². The van der Waals surface area contributed by atoms with Crippen molar-refractivity contribution in [3.8, 4) is 0 Å². The fourth-order valence-electron chi connectivity index (χ4n) is 1.80. The van der Waals surface area contributed by atoms with Crippen LogP contribution in [0, 0.1) is 0 Å². The second kappa shape index (κ2) is 3.04. The van der Waals surface area contributed by atoms with Crippen LogP contribution in [0.1, 0.15) is 33.3 Å². The third-order valence-electron chi connectivity index (χ3n) is 2.43. The van der Waals surface area contributed by atoms with Crippen LogP contribution in [0.3, 0.4) is 0 Å². The molecule has 1 unspecified atom stereocenters. The van der Waals surface area contributed by atoms with Crippen molar-refractivity contribution in [3.63, 3.8) is 0 Å². The first kappa shape index (κ1) is 8.57. The van der Waals surface area contributed by atoms with Crippen molar-refractivity contribution in [1.82, 2.24) is 0 Å². The molecule has 2 nitrogen and oxygen atoms in total. The number of halogens is 1. The highest BCUT2D eigenvalue weighted by Crippen LogP contribution is 2.37. The molecule has 2 rings (SSSR count). The smallest absolute Gasteiger partial charge is 0.335 e. The summed E-state index contributed by atoms with van der Waals surface area (Å²) in [5.74, 6) is -0.859. The van der Waals surface area contributed by atoms with Crippen LogP contribution in [-0.2, 0) is 6.42 Å². The zero-order valence-electron chi connectivity index (χ0n) is 6.96. The predicted molar refractivity (Wildman–Crippen MR) is 50.3 cm³/mol. The van der Waals surface area contributed by atoms with Gasteiger partial charge in [-0.25, -0.2) is 4.79 Å². The Hall–Kier alpha value is -1.02. The summed E-state index contributed by atoms with van der Waals surface area (Å²) in [5.41, 5.74) is 2.30. The number of hydrogen-bond donors (Lipinski definition) is 1. The van der Waals surface area contributed by atoms with Crippen molar-refractivity contribution >= 4 is 17.6 Å². The highest BCUT2D eigenvalue weighted by Gasteiger charge is 2.24. The minimum Gasteiger partial charge on any atom is -0.478 e. The van der Waals surface area contributed by atoms with E-state index in [0.717, 1.165) is 24.0 Å². The van der Waals surface area contributed by atoms with Crippen molar-refractivity contribution in [2.75, 3.05) is 0 Å². The molecule has 0 bridgehead atoms. The zero-order valence-corrected chi connectivity index (χ0v) is 7.71. The Morgan fingerprint density at radius 3 is 3.00 bits per heavy atom. The summed E-state index contributed by atoms with van der Waals surface area (Å²) in [6.45, 7) is 0. The van der Waals surface area contributed by atoms with E-state index in [1.165, 1.54) is 0 Å². The Kier molecular flexibility index (Phi) is 2.00. The van der Waals surface area contributed by atoms with E-state index in [1.54, 1.807) is 12.1 Å². The first-order valence-electron chi connectivity index (χ1n) is 4.19. The number of rotatable bonds is 1. The van der Waals surface area contributed by atoms with Crippen LogP contribution in [0.2, 0.25) is 0 Å². The molecule has 0 saturated carbocycles. The quantitative estimate of drug-likeness (QED) is 0.701. The molecule has 1 aliphatic rings. The summed E-state index contributed by atoms with van der Waals surface area (Å²) >= 11 is 6.03. The molecular weight excluding hydrogens is 188 g/mol. The van der Waals surface area contributed by atoms with Crippen molar-refractivity contribution in [2.45, 2.75) is 18.2 Å². The average Bonchev–Trinajstić information content (AvgIpc) is 2.48. The van der Waals surface area contributed by atoms with E-state index in [4.69, 9.17) is 16.7 Å². The number of hydrogen-bond acceptors (Lipinski definition) is 1. The largest absolute Gasteiger partial charge is 0.478 e. The van der Waals surface area contributed by atoms with Crippen LogP contribution in [0.5, 0.6) is 0 Å². The van der Waals surface area contributed by atoms with Crippen molar-refractivity contribution in [1.29, 1.82) is 0 Å².